The van der Waals surface area contributed by atoms with Gasteiger partial charge in [0, 0.05) is 19.0 Å². The van der Waals surface area contributed by atoms with Crippen LogP contribution in [0.2, 0.25) is 10.0 Å². The second-order valence-electron chi connectivity index (χ2n) is 13.2. The van der Waals surface area contributed by atoms with Crippen molar-refractivity contribution in [1.29, 1.82) is 0 Å². The van der Waals surface area contributed by atoms with Crippen LogP contribution in [0.5, 0.6) is 11.5 Å². The summed E-state index contributed by atoms with van der Waals surface area (Å²) in [5, 5.41) is 3.84. The van der Waals surface area contributed by atoms with Gasteiger partial charge in [0.1, 0.15) is 24.1 Å². The number of para-hydroxylation sites is 1. The largest absolute Gasteiger partial charge is 0.457 e. The molecule has 8 nitrogen and oxygen atoms in total. The molecule has 1 saturated carbocycles. The summed E-state index contributed by atoms with van der Waals surface area (Å²) in [6, 6.07) is 35.8. The maximum atomic E-state index is 14.9. The van der Waals surface area contributed by atoms with Crippen LogP contribution in [0.3, 0.4) is 0 Å². The van der Waals surface area contributed by atoms with Gasteiger partial charge in [-0.2, -0.15) is 0 Å². The van der Waals surface area contributed by atoms with E-state index in [9.17, 15) is 18.0 Å². The Labute approximate surface area is 321 Å². The predicted octanol–water partition coefficient (Wildman–Crippen LogP) is 8.99. The van der Waals surface area contributed by atoms with E-state index in [1.54, 1.807) is 54.6 Å². The van der Waals surface area contributed by atoms with E-state index in [1.807, 2.05) is 67.6 Å². The zero-order valence-corrected chi connectivity index (χ0v) is 31.7. The zero-order valence-electron chi connectivity index (χ0n) is 29.3. The van der Waals surface area contributed by atoms with Gasteiger partial charge < -0.3 is 15.0 Å². The van der Waals surface area contributed by atoms with Crippen molar-refractivity contribution in [2.24, 2.45) is 0 Å². The first-order chi connectivity index (χ1) is 25.6. The summed E-state index contributed by atoms with van der Waals surface area (Å²) in [6.07, 6.45) is 3.96. The average Bonchev–Trinajstić information content (AvgIpc) is 3.68. The zero-order chi connectivity index (χ0) is 37.4. The summed E-state index contributed by atoms with van der Waals surface area (Å²) < 4.78 is 36.0. The first-order valence-electron chi connectivity index (χ1n) is 17.6. The molecule has 0 spiro atoms. The molecule has 1 fully saturated rings. The van der Waals surface area contributed by atoms with Crippen LogP contribution in [-0.2, 0) is 32.6 Å². The molecule has 6 rings (SSSR count). The monoisotopic (exact) mass is 769 g/mol. The average molecular weight is 771 g/mol. The second-order valence-corrected chi connectivity index (χ2v) is 15.9. The van der Waals surface area contributed by atoms with Crippen molar-refractivity contribution in [3.8, 4) is 11.5 Å². The number of halogens is 2. The highest BCUT2D eigenvalue weighted by molar-refractivity contribution is 7.92. The lowest BCUT2D eigenvalue weighted by Crippen LogP contribution is -2.54. The van der Waals surface area contributed by atoms with Crippen molar-refractivity contribution in [3.63, 3.8) is 0 Å². The fourth-order valence-electron chi connectivity index (χ4n) is 6.43. The molecule has 0 aliphatic heterocycles. The van der Waals surface area contributed by atoms with E-state index in [4.69, 9.17) is 27.9 Å². The van der Waals surface area contributed by atoms with Crippen molar-refractivity contribution in [2.75, 3.05) is 10.8 Å². The van der Waals surface area contributed by atoms with Crippen LogP contribution >= 0.6 is 23.2 Å². The van der Waals surface area contributed by atoms with Gasteiger partial charge in [-0.05, 0) is 91.6 Å². The summed E-state index contributed by atoms with van der Waals surface area (Å²) in [5.41, 5.74) is 2.63. The molecule has 0 radical (unpaired) electrons. The molecule has 0 aromatic heterocycles. The van der Waals surface area contributed by atoms with E-state index < -0.39 is 28.5 Å². The van der Waals surface area contributed by atoms with Crippen molar-refractivity contribution >= 4 is 50.7 Å². The maximum Gasteiger partial charge on any atom is 0.264 e. The molecule has 1 N–H and O–H groups in total. The Kier molecular flexibility index (Phi) is 12.4. The van der Waals surface area contributed by atoms with Crippen molar-refractivity contribution in [1.82, 2.24) is 10.2 Å². The molecule has 2 amide bonds. The quantitative estimate of drug-likeness (QED) is 0.122. The van der Waals surface area contributed by atoms with Gasteiger partial charge in [-0.25, -0.2) is 8.42 Å². The van der Waals surface area contributed by atoms with Crippen LogP contribution in [0, 0.1) is 6.92 Å². The number of sulfonamides is 1. The number of hydrogen-bond acceptors (Lipinski definition) is 5. The van der Waals surface area contributed by atoms with Crippen molar-refractivity contribution in [3.05, 3.63) is 154 Å². The van der Waals surface area contributed by atoms with Gasteiger partial charge >= 0.3 is 0 Å². The molecule has 0 saturated heterocycles. The molecule has 1 aliphatic carbocycles. The van der Waals surface area contributed by atoms with Crippen LogP contribution in [0.25, 0.3) is 0 Å². The highest BCUT2D eigenvalue weighted by Gasteiger charge is 2.35. The smallest absolute Gasteiger partial charge is 0.264 e. The van der Waals surface area contributed by atoms with Gasteiger partial charge in [0.2, 0.25) is 11.8 Å². The fraction of sp³-hybridized carbons (Fsp3) is 0.238. The first-order valence-corrected chi connectivity index (χ1v) is 19.8. The van der Waals surface area contributed by atoms with Gasteiger partial charge in [0.25, 0.3) is 10.0 Å². The number of aryl methyl sites for hydroxylation is 1. The lowest BCUT2D eigenvalue weighted by Gasteiger charge is -2.34. The SMILES string of the molecule is Cc1ccc(S(=O)(=O)N(CC(=O)N(Cc2ccc(Cl)c(Cl)c2)[C@@H](Cc2ccccc2)C(=O)NC2CCCC2)c2ccc(Oc3ccccc3)cc2)cc1. The highest BCUT2D eigenvalue weighted by Crippen LogP contribution is 2.30. The minimum absolute atomic E-state index is 0.00210. The number of benzene rings is 5. The Morgan fingerprint density at radius 2 is 1.40 bits per heavy atom. The van der Waals surface area contributed by atoms with Crippen molar-refractivity contribution in [2.45, 2.75) is 62.6 Å². The minimum Gasteiger partial charge on any atom is -0.457 e. The van der Waals surface area contributed by atoms with Gasteiger partial charge in [-0.3, -0.25) is 13.9 Å². The highest BCUT2D eigenvalue weighted by atomic mass is 35.5. The summed E-state index contributed by atoms with van der Waals surface area (Å²) in [5.74, 6) is 0.243. The summed E-state index contributed by atoms with van der Waals surface area (Å²) in [7, 11) is -4.27. The van der Waals surface area contributed by atoms with Crippen LogP contribution in [-0.4, -0.2) is 43.8 Å². The molecule has 53 heavy (non-hydrogen) atoms. The molecule has 5 aromatic rings. The number of nitrogens with zero attached hydrogens (tertiary/aromatic N) is 2. The number of ether oxygens (including phenoxy) is 1. The van der Waals surface area contributed by atoms with Gasteiger partial charge in [0.05, 0.1) is 20.6 Å². The van der Waals surface area contributed by atoms with Gasteiger partial charge in [-0.15, -0.1) is 0 Å². The molecule has 0 bridgehead atoms. The molecule has 274 valence electrons. The third kappa shape index (κ3) is 9.79. The first kappa shape index (κ1) is 37.9. The summed E-state index contributed by atoms with van der Waals surface area (Å²) >= 11 is 12.7. The van der Waals surface area contributed by atoms with E-state index in [1.165, 1.54) is 17.0 Å². The summed E-state index contributed by atoms with van der Waals surface area (Å²) in [4.78, 5) is 30.6. The molecular formula is C42H41Cl2N3O5S. The lowest BCUT2D eigenvalue weighted by atomic mass is 10.0. The third-order valence-corrected chi connectivity index (χ3v) is 11.8. The Morgan fingerprint density at radius 1 is 0.774 bits per heavy atom. The summed E-state index contributed by atoms with van der Waals surface area (Å²) in [6.45, 7) is 1.26. The Hall–Kier alpha value is -4.83. The maximum absolute atomic E-state index is 14.9. The van der Waals surface area contributed by atoms with Gasteiger partial charge in [-0.1, -0.05) is 108 Å². The number of nitrogens with one attached hydrogen (secondary N) is 1. The number of anilines is 1. The van der Waals surface area contributed by atoms with Gasteiger partial charge in [0.15, 0.2) is 0 Å². The predicted molar refractivity (Wildman–Crippen MR) is 210 cm³/mol. The number of carbonyl (C=O) groups is 2. The van der Waals surface area contributed by atoms with E-state index in [0.717, 1.165) is 41.1 Å². The van der Waals surface area contributed by atoms with E-state index in [0.29, 0.717) is 27.1 Å². The van der Waals surface area contributed by atoms with Crippen LogP contribution < -0.4 is 14.4 Å². The van der Waals surface area contributed by atoms with Crippen LogP contribution in [0.4, 0.5) is 5.69 Å². The number of hydrogen-bond donors (Lipinski definition) is 1. The molecule has 1 aliphatic rings. The number of rotatable bonds is 14. The Balaban J connectivity index is 1.39. The standard InChI is InChI=1S/C42H41Cl2N3O5S/c1-30-16-23-37(24-17-30)53(50,51)47(34-19-21-36(22-20-34)52-35-14-6-3-7-15-35)29-41(48)46(28-32-18-25-38(43)39(44)26-32)40(27-31-10-4-2-5-11-31)42(49)45-33-12-8-9-13-33/h2-7,10-11,14-26,33,40H,8-9,12-13,27-29H2,1H3,(H,45,49)/t40-/m0/s1. The number of carbonyl (C=O) groups excluding carboxylic acids is 2. The topological polar surface area (TPSA) is 96.0 Å². The second kappa shape index (κ2) is 17.3. The van der Waals surface area contributed by atoms with Crippen LogP contribution in [0.15, 0.2) is 132 Å². The molecule has 0 heterocycles. The molecular weight excluding hydrogens is 729 g/mol. The van der Waals surface area contributed by atoms with E-state index in [2.05, 4.69) is 5.32 Å². The molecule has 1 atom stereocenters. The molecule has 11 heteroatoms. The van der Waals surface area contributed by atoms with Crippen LogP contribution in [0.1, 0.15) is 42.4 Å². The normalized spacial score (nSPS) is 13.6. The Morgan fingerprint density at radius 3 is 2.04 bits per heavy atom. The number of amides is 2. The molecule has 5 aromatic carbocycles. The lowest BCUT2D eigenvalue weighted by molar-refractivity contribution is -0.140. The minimum atomic E-state index is -4.27. The Bertz CT molecular complexity index is 2110. The molecule has 0 unspecified atom stereocenters. The van der Waals surface area contributed by atoms with Crippen molar-refractivity contribution < 1.29 is 22.7 Å². The van der Waals surface area contributed by atoms with E-state index in [-0.39, 0.29) is 35.5 Å². The third-order valence-electron chi connectivity index (χ3n) is 9.30. The van der Waals surface area contributed by atoms with E-state index >= 15 is 0 Å². The fourth-order valence-corrected chi connectivity index (χ4v) is 8.16.